The van der Waals surface area contributed by atoms with E-state index in [0.29, 0.717) is 0 Å². The summed E-state index contributed by atoms with van der Waals surface area (Å²) in [6.07, 6.45) is 0. The quantitative estimate of drug-likeness (QED) is 0.681. The fraction of sp³-hybridized carbons (Fsp3) is 1.00. The van der Waals surface area contributed by atoms with Gasteiger partial charge in [-0.3, -0.25) is 0 Å². The summed E-state index contributed by atoms with van der Waals surface area (Å²) in [7, 11) is -12.5. The van der Waals surface area contributed by atoms with Crippen molar-refractivity contribution in [1.82, 2.24) is 0 Å². The molecule has 9 heteroatoms. The third-order valence-corrected chi connectivity index (χ3v) is 5.11. The third-order valence-electron chi connectivity index (χ3n) is 0.625. The predicted molar refractivity (Wildman–Crippen MR) is 16.7 cm³/mol. The van der Waals surface area contributed by atoms with Crippen molar-refractivity contribution in [2.75, 3.05) is 6.61 Å². The molecule has 0 unspecified atom stereocenters. The van der Waals surface area contributed by atoms with Gasteiger partial charge in [0, 0.05) is 0 Å². The van der Waals surface area contributed by atoms with Gasteiger partial charge in [-0.2, -0.15) is 0 Å². The summed E-state index contributed by atoms with van der Waals surface area (Å²) in [6, 6.07) is 0. The molecule has 1 N–H and O–H groups in total. The second-order valence-electron chi connectivity index (χ2n) is 2.50. The third kappa shape index (κ3) is 9.22. The van der Waals surface area contributed by atoms with Crippen LogP contribution in [0.25, 0.3) is 0 Å². The van der Waals surface area contributed by atoms with E-state index in [1.807, 2.05) is 0 Å². The molecule has 0 aromatic carbocycles. The molecule has 0 spiro atoms. The number of hydrogen-bond acceptors (Lipinski definition) is 8. The summed E-state index contributed by atoms with van der Waals surface area (Å²) >= 11 is 0. The van der Waals surface area contributed by atoms with Gasteiger partial charge < -0.3 is 0 Å². The average Bonchev–Trinajstić information content (AvgIpc) is 1.17. The van der Waals surface area contributed by atoms with E-state index in [0.717, 1.165) is 0 Å². The van der Waals surface area contributed by atoms with Crippen molar-refractivity contribution in [2.45, 2.75) is 4.89 Å². The number of hydrogen-bond donors (Lipinski definition) is 1. The molecule has 0 saturated heterocycles. The molecule has 0 saturated carbocycles. The summed E-state index contributed by atoms with van der Waals surface area (Å²) in [5.74, 6) is 0. The van der Waals surface area contributed by atoms with Gasteiger partial charge in [-0.05, 0) is 0 Å². The number of aliphatic hydroxyl groups excluding tert-OH is 1. The van der Waals surface area contributed by atoms with E-state index < -0.39 is 21.9 Å². The van der Waals surface area contributed by atoms with Gasteiger partial charge in [0.2, 0.25) is 0 Å². The molecular formula is C2H5O8Re. The van der Waals surface area contributed by atoms with Crippen molar-refractivity contribution in [3.63, 3.8) is 0 Å². The van der Waals surface area contributed by atoms with Crippen LogP contribution in [0, 0.1) is 0 Å². The van der Waals surface area contributed by atoms with Gasteiger partial charge in [0.15, 0.2) is 0 Å². The monoisotopic (exact) mass is 344 g/mol. The van der Waals surface area contributed by atoms with Crippen molar-refractivity contribution >= 4 is 0 Å². The average molecular weight is 343 g/mol. The molecule has 0 atom stereocenters. The minimum absolute atomic E-state index is 1.89. The van der Waals surface area contributed by atoms with Crippen LogP contribution in [0.5, 0.6) is 0 Å². The summed E-state index contributed by atoms with van der Waals surface area (Å²) < 4.78 is 67.8. The molecule has 0 aromatic rings. The van der Waals surface area contributed by atoms with E-state index in [1.54, 1.807) is 0 Å². The van der Waals surface area contributed by atoms with Gasteiger partial charge in [-0.1, -0.05) is 0 Å². The summed E-state index contributed by atoms with van der Waals surface area (Å²) in [4.78, 5) is -2.96. The molecule has 0 aliphatic carbocycles. The second-order valence-corrected chi connectivity index (χ2v) is 18.9. The Balaban J connectivity index is 7.88. The molecule has 8 nitrogen and oxygen atoms in total. The van der Waals surface area contributed by atoms with Crippen molar-refractivity contribution in [2.24, 2.45) is 0 Å². The summed E-state index contributed by atoms with van der Waals surface area (Å²) in [6.45, 7) is -1.89. The molecule has 68 valence electrons. The van der Waals surface area contributed by atoms with Crippen molar-refractivity contribution in [3.05, 3.63) is 0 Å². The van der Waals surface area contributed by atoms with Gasteiger partial charge in [0.1, 0.15) is 0 Å². The van der Waals surface area contributed by atoms with Gasteiger partial charge >= 0.3 is 51.3 Å². The molecule has 0 aliphatic rings. The Morgan fingerprint density at radius 1 is 0.818 bits per heavy atom. The van der Waals surface area contributed by atoms with E-state index in [9.17, 15) is 24.3 Å². The van der Waals surface area contributed by atoms with E-state index in [2.05, 4.69) is 0 Å². The van der Waals surface area contributed by atoms with Crippen LogP contribution in [0.4, 0.5) is 0 Å². The number of rotatable bonds is 2. The van der Waals surface area contributed by atoms with Gasteiger partial charge in [0.05, 0.1) is 0 Å². The normalized spacial score (nSPS) is 21.2. The minimum atomic E-state index is -12.5. The van der Waals surface area contributed by atoms with Crippen LogP contribution < -0.4 is 0 Å². The molecule has 0 amide bonds. The van der Waals surface area contributed by atoms with Gasteiger partial charge in [-0.15, -0.1) is 0 Å². The summed E-state index contributed by atoms with van der Waals surface area (Å²) in [5, 5.41) is 7.71. The topological polar surface area (TPSA) is 140 Å². The molecule has 0 aromatic heterocycles. The first-order valence-electron chi connectivity index (χ1n) is 2.16. The molecule has 11 heavy (non-hydrogen) atoms. The van der Waals surface area contributed by atoms with Crippen LogP contribution in [0.1, 0.15) is 0 Å². The van der Waals surface area contributed by atoms with Crippen LogP contribution in [-0.4, -0.2) is 11.7 Å². The molecule has 0 bridgehead atoms. The first kappa shape index (κ1) is 10.2. The van der Waals surface area contributed by atoms with E-state index in [1.165, 1.54) is 0 Å². The van der Waals surface area contributed by atoms with Crippen LogP contribution in [0.3, 0.4) is 0 Å². The molecule has 0 radical (unpaired) electrons. The zero-order valence-electron chi connectivity index (χ0n) is 5.10. The zero-order chi connectivity index (χ0) is 9.77. The summed E-state index contributed by atoms with van der Waals surface area (Å²) in [5.41, 5.74) is 0. The van der Waals surface area contributed by atoms with Crippen LogP contribution in [0.2, 0.25) is 4.89 Å². The first-order chi connectivity index (χ1) is 3.93. The Labute approximate surface area is 51.9 Å². The van der Waals surface area contributed by atoms with Crippen LogP contribution in [-0.2, 0) is 34.6 Å². The Morgan fingerprint density at radius 2 is 1.09 bits per heavy atom. The zero-order valence-corrected chi connectivity index (χ0v) is 7.81. The Morgan fingerprint density at radius 3 is 1.09 bits per heavy atom. The molecule has 0 rings (SSSR count). The Bertz CT molecular complexity index is 845. The standard InChI is InChI=1S/C2H5O.7O.Re/c1-2-3;;;;;;;;/h3H,1-2H2;;;;;;;;. The van der Waals surface area contributed by atoms with E-state index in [-0.39, 0.29) is 0 Å². The van der Waals surface area contributed by atoms with Gasteiger partial charge in [0.25, 0.3) is 0 Å². The van der Waals surface area contributed by atoms with Crippen molar-refractivity contribution < 1.29 is 39.8 Å². The van der Waals surface area contributed by atoms with Gasteiger partial charge in [-0.25, -0.2) is 0 Å². The van der Waals surface area contributed by atoms with Crippen LogP contribution >= 0.6 is 0 Å². The molecule has 0 fully saturated rings. The number of aliphatic hydroxyl groups is 1. The molecule has 0 heterocycles. The van der Waals surface area contributed by atoms with Crippen LogP contribution in [0.15, 0.2) is 0 Å². The predicted octanol–water partition coefficient (Wildman–Crippen LogP) is -0.888. The van der Waals surface area contributed by atoms with Crippen molar-refractivity contribution in [1.29, 1.82) is 0 Å². The molecular weight excluding hydrogens is 338 g/mol. The fourth-order valence-electron chi connectivity index (χ4n) is 0.242. The Hall–Kier alpha value is -0.778. The fourth-order valence-corrected chi connectivity index (χ4v) is 1.98. The van der Waals surface area contributed by atoms with E-state index >= 15 is 0 Å². The van der Waals surface area contributed by atoms with Crippen molar-refractivity contribution in [3.8, 4) is 0 Å². The SMILES string of the molecule is [O]=[Re](=[O])(=[O])(=[O])(=[O])(=[O])(=[O])[CH2]CO. The maximum atomic E-state index is 9.69. The first-order valence-corrected chi connectivity index (χ1v) is 11.8. The second kappa shape index (κ2) is 0.730. The Kier molecular flexibility index (Phi) is 0.679. The maximum absolute atomic E-state index is 12.5. The van der Waals surface area contributed by atoms with E-state index in [4.69, 9.17) is 5.11 Å². The molecule has 0 aliphatic heterocycles.